The van der Waals surface area contributed by atoms with Crippen molar-refractivity contribution in [1.29, 1.82) is 0 Å². The fraction of sp³-hybridized carbons (Fsp3) is 0.385. The summed E-state index contributed by atoms with van der Waals surface area (Å²) in [7, 11) is -3.61. The summed E-state index contributed by atoms with van der Waals surface area (Å²) < 4.78 is 32.1. The van der Waals surface area contributed by atoms with Gasteiger partial charge < -0.3 is 15.6 Å². The zero-order valence-electron chi connectivity index (χ0n) is 11.7. The molecule has 0 aliphatic carbocycles. The molecule has 0 saturated heterocycles. The zero-order chi connectivity index (χ0) is 15.8. The number of carbonyl (C=O) groups is 1. The maximum atomic E-state index is 11.6. The van der Waals surface area contributed by atoms with Crippen molar-refractivity contribution in [3.8, 4) is 5.75 Å². The van der Waals surface area contributed by atoms with E-state index in [0.29, 0.717) is 16.9 Å². The minimum Gasteiger partial charge on any atom is -0.492 e. The summed E-state index contributed by atoms with van der Waals surface area (Å²) in [5, 5.41) is 9.07. The Labute approximate surface area is 122 Å². The average Bonchev–Trinajstić information content (AvgIpc) is 2.34. The van der Waals surface area contributed by atoms with Gasteiger partial charge in [-0.05, 0) is 25.5 Å². The summed E-state index contributed by atoms with van der Waals surface area (Å²) in [6.07, 6.45) is 0. The highest BCUT2D eigenvalue weighted by molar-refractivity contribution is 7.89. The molecule has 1 heterocycles. The van der Waals surface area contributed by atoms with Crippen LogP contribution < -0.4 is 10.5 Å². The largest absolute Gasteiger partial charge is 0.492 e. The van der Waals surface area contributed by atoms with Crippen LogP contribution in [0, 0.1) is 5.41 Å². The molecule has 1 aromatic rings. The van der Waals surface area contributed by atoms with Gasteiger partial charge in [-0.3, -0.25) is 4.79 Å². The minimum absolute atomic E-state index is 0.0706. The summed E-state index contributed by atoms with van der Waals surface area (Å²) in [5.41, 5.74) is 5.53. The van der Waals surface area contributed by atoms with E-state index in [1.165, 1.54) is 13.8 Å². The first kappa shape index (κ1) is 15.3. The van der Waals surface area contributed by atoms with E-state index in [1.807, 2.05) is 0 Å². The first-order valence-electron chi connectivity index (χ1n) is 6.19. The highest BCUT2D eigenvalue weighted by Crippen LogP contribution is 2.29. The number of carboxylic acid groups (broad SMARTS) is 1. The first-order chi connectivity index (χ1) is 9.62. The third kappa shape index (κ3) is 3.15. The maximum Gasteiger partial charge on any atom is 0.312 e. The Bertz CT molecular complexity index is 722. The van der Waals surface area contributed by atoms with Crippen LogP contribution in [0.4, 0.5) is 0 Å². The molecule has 0 aromatic heterocycles. The molecule has 0 amide bonds. The second-order valence-electron chi connectivity index (χ2n) is 5.47. The Morgan fingerprint density at radius 2 is 2.14 bits per heavy atom. The molecule has 0 unspecified atom stereocenters. The van der Waals surface area contributed by atoms with Gasteiger partial charge in [0.15, 0.2) is 0 Å². The number of benzene rings is 1. The van der Waals surface area contributed by atoms with Crippen molar-refractivity contribution in [2.75, 3.05) is 6.61 Å². The second kappa shape index (κ2) is 5.03. The molecular formula is C13H16N2O5S. The average molecular weight is 312 g/mol. The van der Waals surface area contributed by atoms with E-state index in [0.717, 1.165) is 0 Å². The van der Waals surface area contributed by atoms with Crippen LogP contribution in [0.2, 0.25) is 0 Å². The Morgan fingerprint density at radius 3 is 2.76 bits per heavy atom. The molecular weight excluding hydrogens is 296 g/mol. The van der Waals surface area contributed by atoms with Gasteiger partial charge >= 0.3 is 5.97 Å². The summed E-state index contributed by atoms with van der Waals surface area (Å²) in [5.74, 6) is -1.04. The number of hydrogen-bond acceptors (Lipinski definition) is 5. The van der Waals surface area contributed by atoms with E-state index >= 15 is 0 Å². The van der Waals surface area contributed by atoms with Gasteiger partial charge in [0, 0.05) is 0 Å². The van der Waals surface area contributed by atoms with Crippen molar-refractivity contribution in [3.63, 3.8) is 0 Å². The number of hydrogen-bond donors (Lipinski definition) is 2. The molecule has 1 aliphatic rings. The number of nitrogens with two attached hydrogens (primary N) is 1. The number of aliphatic carboxylic acids is 1. The summed E-state index contributed by atoms with van der Waals surface area (Å²) >= 11 is 0. The summed E-state index contributed by atoms with van der Waals surface area (Å²) in [6.45, 7) is 3.00. The van der Waals surface area contributed by atoms with Gasteiger partial charge in [-0.25, -0.2) is 8.42 Å². The van der Waals surface area contributed by atoms with E-state index < -0.39 is 21.4 Å². The highest BCUT2D eigenvalue weighted by Gasteiger charge is 2.30. The molecule has 114 valence electrons. The van der Waals surface area contributed by atoms with Gasteiger partial charge in [-0.1, -0.05) is 12.1 Å². The number of sulfonamides is 1. The number of rotatable bonds is 4. The fourth-order valence-electron chi connectivity index (χ4n) is 1.85. The van der Waals surface area contributed by atoms with Crippen molar-refractivity contribution >= 4 is 21.8 Å². The van der Waals surface area contributed by atoms with E-state index in [-0.39, 0.29) is 18.2 Å². The number of fused-ring (bicyclic) bond motifs is 1. The summed E-state index contributed by atoms with van der Waals surface area (Å²) in [4.78, 5) is 11.1. The van der Waals surface area contributed by atoms with Crippen LogP contribution in [0.15, 0.2) is 22.6 Å². The van der Waals surface area contributed by atoms with Gasteiger partial charge in [0.2, 0.25) is 0 Å². The number of ether oxygens (including phenoxy) is 1. The van der Waals surface area contributed by atoms with Crippen LogP contribution in [0.3, 0.4) is 0 Å². The monoisotopic (exact) mass is 312 g/mol. The zero-order valence-corrected chi connectivity index (χ0v) is 12.5. The molecule has 0 atom stereocenters. The molecule has 0 bridgehead atoms. The van der Waals surface area contributed by atoms with Crippen LogP contribution in [0.1, 0.15) is 25.0 Å². The van der Waals surface area contributed by atoms with Gasteiger partial charge in [0.25, 0.3) is 10.0 Å². The van der Waals surface area contributed by atoms with E-state index in [2.05, 4.69) is 4.40 Å². The molecule has 2 rings (SSSR count). The Morgan fingerprint density at radius 1 is 1.48 bits per heavy atom. The van der Waals surface area contributed by atoms with Crippen molar-refractivity contribution < 1.29 is 23.1 Å². The maximum absolute atomic E-state index is 11.6. The van der Waals surface area contributed by atoms with Crippen molar-refractivity contribution in [1.82, 2.24) is 0 Å². The van der Waals surface area contributed by atoms with Gasteiger partial charge in [0.1, 0.15) is 18.2 Å². The lowest BCUT2D eigenvalue weighted by Gasteiger charge is -2.22. The molecule has 0 spiro atoms. The number of nitrogens with zero attached hydrogens (tertiary/aromatic N) is 1. The van der Waals surface area contributed by atoms with E-state index in [9.17, 15) is 13.2 Å². The van der Waals surface area contributed by atoms with Gasteiger partial charge in [0.05, 0.1) is 16.7 Å². The van der Waals surface area contributed by atoms with Gasteiger partial charge in [-0.2, -0.15) is 0 Å². The minimum atomic E-state index is -3.61. The molecule has 1 aliphatic heterocycles. The van der Waals surface area contributed by atoms with Crippen LogP contribution in [0.5, 0.6) is 5.75 Å². The fourth-order valence-corrected chi connectivity index (χ4v) is 2.94. The SMILES string of the molecule is CC(C)(COc1cccc2c1C(N)=NS(=O)(=O)C2)C(=O)O. The van der Waals surface area contributed by atoms with Crippen LogP contribution in [-0.2, 0) is 20.6 Å². The Hall–Kier alpha value is -2.09. The van der Waals surface area contributed by atoms with Crippen LogP contribution in [0.25, 0.3) is 0 Å². The predicted molar refractivity (Wildman–Crippen MR) is 76.7 cm³/mol. The molecule has 0 saturated carbocycles. The highest BCUT2D eigenvalue weighted by atomic mass is 32.2. The Balaban J connectivity index is 2.35. The topological polar surface area (TPSA) is 119 Å². The quantitative estimate of drug-likeness (QED) is 0.845. The third-order valence-corrected chi connectivity index (χ3v) is 4.26. The second-order valence-corrected chi connectivity index (χ2v) is 7.11. The van der Waals surface area contributed by atoms with Gasteiger partial charge in [-0.15, -0.1) is 4.40 Å². The Kier molecular flexibility index (Phi) is 3.66. The van der Waals surface area contributed by atoms with E-state index in [1.54, 1.807) is 18.2 Å². The number of amidine groups is 1. The van der Waals surface area contributed by atoms with E-state index in [4.69, 9.17) is 15.6 Å². The first-order valence-corrected chi connectivity index (χ1v) is 7.80. The molecule has 7 nitrogen and oxygen atoms in total. The van der Waals surface area contributed by atoms with Crippen molar-refractivity contribution in [2.45, 2.75) is 19.6 Å². The predicted octanol–water partition coefficient (Wildman–Crippen LogP) is 0.725. The lowest BCUT2D eigenvalue weighted by Crippen LogP contribution is -2.31. The normalized spacial score (nSPS) is 16.8. The lowest BCUT2D eigenvalue weighted by atomic mass is 9.95. The van der Waals surface area contributed by atoms with Crippen molar-refractivity contribution in [3.05, 3.63) is 29.3 Å². The molecule has 3 N–H and O–H groups in total. The summed E-state index contributed by atoms with van der Waals surface area (Å²) in [6, 6.07) is 4.87. The number of carboxylic acids is 1. The van der Waals surface area contributed by atoms with Crippen LogP contribution in [-0.4, -0.2) is 31.9 Å². The molecule has 0 fully saturated rings. The van der Waals surface area contributed by atoms with Crippen molar-refractivity contribution in [2.24, 2.45) is 15.5 Å². The molecule has 0 radical (unpaired) electrons. The van der Waals surface area contributed by atoms with Crippen LogP contribution >= 0.6 is 0 Å². The lowest BCUT2D eigenvalue weighted by molar-refractivity contribution is -0.148. The molecule has 21 heavy (non-hydrogen) atoms. The molecule has 8 heteroatoms. The molecule has 1 aromatic carbocycles. The smallest absolute Gasteiger partial charge is 0.312 e. The standard InChI is InChI=1S/C13H16N2O5S/c1-13(2,12(16)17)7-20-9-5-3-4-8-6-21(18,19)15-11(14)10(8)9/h3-5H,6-7H2,1-2H3,(H2,14,15)(H,16,17). The third-order valence-electron chi connectivity index (χ3n) is 3.11.